The number of benzene rings is 1. The molecule has 3 rings (SSSR count). The Kier molecular flexibility index (Phi) is 4.13. The predicted octanol–water partition coefficient (Wildman–Crippen LogP) is 3.52. The van der Waals surface area contributed by atoms with E-state index in [0.29, 0.717) is 5.88 Å². The van der Waals surface area contributed by atoms with Crippen molar-refractivity contribution in [2.45, 2.75) is 12.8 Å². The number of aromatic nitrogens is 1. The molecule has 20 heavy (non-hydrogen) atoms. The van der Waals surface area contributed by atoms with Gasteiger partial charge in [-0.05, 0) is 24.1 Å². The van der Waals surface area contributed by atoms with Crippen molar-refractivity contribution in [3.63, 3.8) is 0 Å². The summed E-state index contributed by atoms with van der Waals surface area (Å²) in [7, 11) is 0. The van der Waals surface area contributed by atoms with Gasteiger partial charge in [0.1, 0.15) is 0 Å². The first-order valence-corrected chi connectivity index (χ1v) is 8.24. The lowest BCUT2D eigenvalue weighted by molar-refractivity contribution is 0.651. The Morgan fingerprint density at radius 3 is 2.55 bits per heavy atom. The number of aryl methyl sites for hydroxylation is 1. The van der Waals surface area contributed by atoms with Crippen molar-refractivity contribution in [3.8, 4) is 0 Å². The van der Waals surface area contributed by atoms with Crippen LogP contribution in [-0.2, 0) is 5.88 Å². The molecule has 1 aromatic carbocycles. The number of thiazole rings is 1. The van der Waals surface area contributed by atoms with E-state index in [-0.39, 0.29) is 0 Å². The smallest absolute Gasteiger partial charge is 0.185 e. The normalized spacial score (nSPS) is 15.7. The molecule has 1 aromatic heterocycles. The zero-order valence-electron chi connectivity index (χ0n) is 11.6. The van der Waals surface area contributed by atoms with Crippen LogP contribution in [0.1, 0.15) is 11.1 Å². The number of nitrogens with zero attached hydrogens (tertiary/aromatic N) is 3. The molecule has 0 unspecified atom stereocenters. The van der Waals surface area contributed by atoms with Crippen molar-refractivity contribution in [1.29, 1.82) is 0 Å². The molecule has 0 saturated carbocycles. The van der Waals surface area contributed by atoms with Gasteiger partial charge in [0.25, 0.3) is 0 Å². The van der Waals surface area contributed by atoms with Crippen LogP contribution >= 0.6 is 22.9 Å². The molecule has 1 aliphatic heterocycles. The summed E-state index contributed by atoms with van der Waals surface area (Å²) >= 11 is 7.60. The molecule has 0 radical (unpaired) electrons. The quantitative estimate of drug-likeness (QED) is 0.809. The number of alkyl halides is 1. The highest BCUT2D eigenvalue weighted by Gasteiger charge is 2.19. The summed E-state index contributed by atoms with van der Waals surface area (Å²) in [6.45, 7) is 6.31. The Balaban J connectivity index is 1.69. The summed E-state index contributed by atoms with van der Waals surface area (Å²) in [5.74, 6) is 0.582. The van der Waals surface area contributed by atoms with E-state index < -0.39 is 0 Å². The Hall–Kier alpha value is -1.26. The number of hydrogen-bond acceptors (Lipinski definition) is 4. The van der Waals surface area contributed by atoms with Gasteiger partial charge in [0, 0.05) is 49.3 Å². The molecule has 3 nitrogen and oxygen atoms in total. The van der Waals surface area contributed by atoms with Crippen molar-refractivity contribution >= 4 is 33.8 Å². The second-order valence-corrected chi connectivity index (χ2v) is 6.18. The number of anilines is 2. The SMILES string of the molecule is Cc1cc(CCl)ccc1N1CCN(c2nccs2)CC1. The van der Waals surface area contributed by atoms with Gasteiger partial charge in [0.15, 0.2) is 5.13 Å². The van der Waals surface area contributed by atoms with Crippen molar-refractivity contribution in [2.24, 2.45) is 0 Å². The van der Waals surface area contributed by atoms with E-state index in [2.05, 4.69) is 39.9 Å². The maximum atomic E-state index is 5.89. The molecular weight excluding hydrogens is 290 g/mol. The van der Waals surface area contributed by atoms with Gasteiger partial charge in [0.05, 0.1) is 0 Å². The van der Waals surface area contributed by atoms with E-state index >= 15 is 0 Å². The summed E-state index contributed by atoms with van der Waals surface area (Å²) in [4.78, 5) is 9.21. The van der Waals surface area contributed by atoms with E-state index in [0.717, 1.165) is 31.3 Å². The second kappa shape index (κ2) is 6.02. The topological polar surface area (TPSA) is 19.4 Å². The molecule has 106 valence electrons. The minimum absolute atomic E-state index is 0.582. The Bertz CT molecular complexity index is 563. The fraction of sp³-hybridized carbons (Fsp3) is 0.400. The maximum Gasteiger partial charge on any atom is 0.185 e. The van der Waals surface area contributed by atoms with Crippen molar-refractivity contribution < 1.29 is 0 Å². The van der Waals surface area contributed by atoms with E-state index in [9.17, 15) is 0 Å². The van der Waals surface area contributed by atoms with E-state index in [1.165, 1.54) is 16.8 Å². The van der Waals surface area contributed by atoms with Crippen LogP contribution in [0.15, 0.2) is 29.8 Å². The monoisotopic (exact) mass is 307 g/mol. The molecule has 0 bridgehead atoms. The minimum atomic E-state index is 0.582. The molecular formula is C15H18ClN3S. The van der Waals surface area contributed by atoms with Crippen LogP contribution in [-0.4, -0.2) is 31.2 Å². The molecule has 1 aliphatic rings. The van der Waals surface area contributed by atoms with Crippen LogP contribution in [0.3, 0.4) is 0 Å². The maximum absolute atomic E-state index is 5.89. The van der Waals surface area contributed by atoms with Crippen LogP contribution in [0.4, 0.5) is 10.8 Å². The Morgan fingerprint density at radius 1 is 1.20 bits per heavy atom. The Morgan fingerprint density at radius 2 is 1.95 bits per heavy atom. The molecule has 0 aliphatic carbocycles. The zero-order valence-corrected chi connectivity index (χ0v) is 13.1. The average Bonchev–Trinajstić information content (AvgIpc) is 3.01. The van der Waals surface area contributed by atoms with Crippen LogP contribution in [0.25, 0.3) is 0 Å². The van der Waals surface area contributed by atoms with Crippen LogP contribution < -0.4 is 9.80 Å². The van der Waals surface area contributed by atoms with E-state index in [1.54, 1.807) is 11.3 Å². The highest BCUT2D eigenvalue weighted by atomic mass is 35.5. The van der Waals surface area contributed by atoms with E-state index in [1.807, 2.05) is 11.6 Å². The van der Waals surface area contributed by atoms with E-state index in [4.69, 9.17) is 11.6 Å². The summed E-state index contributed by atoms with van der Waals surface area (Å²) in [6.07, 6.45) is 1.88. The molecule has 1 saturated heterocycles. The van der Waals surface area contributed by atoms with Gasteiger partial charge in [0.2, 0.25) is 0 Å². The zero-order chi connectivity index (χ0) is 13.9. The van der Waals surface area contributed by atoms with Gasteiger partial charge in [-0.15, -0.1) is 22.9 Å². The van der Waals surface area contributed by atoms with Gasteiger partial charge in [-0.1, -0.05) is 12.1 Å². The Labute approximate surface area is 128 Å². The summed E-state index contributed by atoms with van der Waals surface area (Å²) in [6, 6.07) is 6.52. The largest absolute Gasteiger partial charge is 0.368 e. The summed E-state index contributed by atoms with van der Waals surface area (Å²) in [5.41, 5.74) is 3.83. The molecule has 2 heterocycles. The van der Waals surface area contributed by atoms with Crippen molar-refractivity contribution in [2.75, 3.05) is 36.0 Å². The standard InChI is InChI=1S/C15H18ClN3S/c1-12-10-13(11-16)2-3-14(12)18-5-7-19(8-6-18)15-17-4-9-20-15/h2-4,9-10H,5-8,11H2,1H3. The van der Waals surface area contributed by atoms with Gasteiger partial charge < -0.3 is 9.80 Å². The third-order valence-electron chi connectivity index (χ3n) is 3.73. The van der Waals surface area contributed by atoms with Crippen LogP contribution in [0.5, 0.6) is 0 Å². The summed E-state index contributed by atoms with van der Waals surface area (Å²) in [5, 5.41) is 3.18. The lowest BCUT2D eigenvalue weighted by atomic mass is 10.1. The minimum Gasteiger partial charge on any atom is -0.368 e. The predicted molar refractivity (Wildman–Crippen MR) is 87.3 cm³/mol. The third-order valence-corrected chi connectivity index (χ3v) is 4.87. The molecule has 0 amide bonds. The van der Waals surface area contributed by atoms with Crippen LogP contribution in [0, 0.1) is 6.92 Å². The number of halogens is 1. The number of hydrogen-bond donors (Lipinski definition) is 0. The van der Waals surface area contributed by atoms with Gasteiger partial charge in [-0.2, -0.15) is 0 Å². The first kappa shape index (κ1) is 13.7. The highest BCUT2D eigenvalue weighted by Crippen LogP contribution is 2.25. The molecule has 2 aromatic rings. The number of piperazine rings is 1. The highest BCUT2D eigenvalue weighted by molar-refractivity contribution is 7.13. The molecule has 1 fully saturated rings. The average molecular weight is 308 g/mol. The lowest BCUT2D eigenvalue weighted by Gasteiger charge is -2.36. The fourth-order valence-electron chi connectivity index (χ4n) is 2.67. The molecule has 0 atom stereocenters. The van der Waals surface area contributed by atoms with Gasteiger partial charge >= 0.3 is 0 Å². The second-order valence-electron chi connectivity index (χ2n) is 5.04. The summed E-state index contributed by atoms with van der Waals surface area (Å²) < 4.78 is 0. The van der Waals surface area contributed by atoms with Gasteiger partial charge in [-0.3, -0.25) is 0 Å². The van der Waals surface area contributed by atoms with Crippen LogP contribution in [0.2, 0.25) is 0 Å². The first-order valence-electron chi connectivity index (χ1n) is 6.83. The van der Waals surface area contributed by atoms with Crippen molar-refractivity contribution in [3.05, 3.63) is 40.9 Å². The van der Waals surface area contributed by atoms with Gasteiger partial charge in [-0.25, -0.2) is 4.98 Å². The molecule has 5 heteroatoms. The molecule has 0 spiro atoms. The first-order chi connectivity index (χ1) is 9.78. The van der Waals surface area contributed by atoms with Crippen molar-refractivity contribution in [1.82, 2.24) is 4.98 Å². The lowest BCUT2D eigenvalue weighted by Crippen LogP contribution is -2.46. The fourth-order valence-corrected chi connectivity index (χ4v) is 3.53. The number of rotatable bonds is 3. The third kappa shape index (κ3) is 2.76. The molecule has 0 N–H and O–H groups in total.